The van der Waals surface area contributed by atoms with Gasteiger partial charge in [-0.15, -0.1) is 0 Å². The fourth-order valence-corrected chi connectivity index (χ4v) is 5.33. The Morgan fingerprint density at radius 2 is 2.07 bits per heavy atom. The lowest BCUT2D eigenvalue weighted by Crippen LogP contribution is -2.41. The van der Waals surface area contributed by atoms with E-state index in [2.05, 4.69) is 30.4 Å². The van der Waals surface area contributed by atoms with E-state index in [-0.39, 0.29) is 16.8 Å². The van der Waals surface area contributed by atoms with Gasteiger partial charge in [0.05, 0.1) is 0 Å². The third kappa shape index (κ3) is 2.80. The van der Waals surface area contributed by atoms with Crippen molar-refractivity contribution in [1.82, 2.24) is 25.5 Å². The van der Waals surface area contributed by atoms with Gasteiger partial charge < -0.3 is 10.2 Å². The minimum atomic E-state index is -3.24. The van der Waals surface area contributed by atoms with Crippen molar-refractivity contribution < 1.29 is 8.78 Å². The van der Waals surface area contributed by atoms with Crippen molar-refractivity contribution in [3.05, 3.63) is 35.4 Å². The van der Waals surface area contributed by atoms with E-state index in [1.54, 1.807) is 0 Å². The molecule has 4 fully saturated rings. The van der Waals surface area contributed by atoms with Crippen LogP contribution in [0.15, 0.2) is 18.3 Å². The molecule has 2 N–H and O–H groups in total. The van der Waals surface area contributed by atoms with Crippen LogP contribution in [0.25, 0.3) is 0 Å². The van der Waals surface area contributed by atoms with Crippen molar-refractivity contribution in [1.29, 1.82) is 0 Å². The quantitative estimate of drug-likeness (QED) is 0.795. The topological polar surface area (TPSA) is 69.7 Å². The van der Waals surface area contributed by atoms with Crippen molar-refractivity contribution in [2.75, 3.05) is 25.0 Å². The Balaban J connectivity index is 1.38. The summed E-state index contributed by atoms with van der Waals surface area (Å²) in [6, 6.07) is 3.18. The summed E-state index contributed by atoms with van der Waals surface area (Å²) in [6.45, 7) is 1.76. The van der Waals surface area contributed by atoms with Gasteiger partial charge in [0.25, 0.3) is 0 Å². The van der Waals surface area contributed by atoms with Gasteiger partial charge in [-0.2, -0.15) is 13.9 Å². The Hall–Kier alpha value is -2.09. The Labute approximate surface area is 163 Å². The SMILES string of the molecule is CNCC12CC(C1)N(c1nccc(C(F)(F)c3cc(C4CCCC4)[nH]n3)n1)C2. The number of hydrogen-bond donors (Lipinski definition) is 2. The van der Waals surface area contributed by atoms with E-state index >= 15 is 8.78 Å². The summed E-state index contributed by atoms with van der Waals surface area (Å²) in [5.41, 5.74) is 0.514. The van der Waals surface area contributed by atoms with E-state index in [1.807, 2.05) is 7.05 Å². The first-order valence-corrected chi connectivity index (χ1v) is 10.2. The fourth-order valence-electron chi connectivity index (χ4n) is 5.33. The van der Waals surface area contributed by atoms with Crippen molar-refractivity contribution >= 4 is 5.95 Å². The van der Waals surface area contributed by atoms with Crippen molar-refractivity contribution in [2.24, 2.45) is 5.41 Å². The number of nitrogens with one attached hydrogen (secondary N) is 2. The van der Waals surface area contributed by atoms with Crippen LogP contribution in [0.2, 0.25) is 0 Å². The van der Waals surface area contributed by atoms with Crippen LogP contribution in [-0.4, -0.2) is 46.3 Å². The highest BCUT2D eigenvalue weighted by atomic mass is 19.3. The summed E-state index contributed by atoms with van der Waals surface area (Å²) in [5.74, 6) is -2.52. The van der Waals surface area contributed by atoms with Crippen LogP contribution in [-0.2, 0) is 5.92 Å². The maximum Gasteiger partial charge on any atom is 0.333 e. The lowest BCUT2D eigenvalue weighted by atomic mass is 9.70. The second-order valence-electron chi connectivity index (χ2n) is 8.73. The summed E-state index contributed by atoms with van der Waals surface area (Å²) < 4.78 is 30.3. The fraction of sp³-hybridized carbons (Fsp3) is 0.650. The summed E-state index contributed by atoms with van der Waals surface area (Å²) in [4.78, 5) is 10.7. The third-order valence-electron chi connectivity index (χ3n) is 6.77. The zero-order valence-corrected chi connectivity index (χ0v) is 16.1. The molecule has 4 heterocycles. The summed E-state index contributed by atoms with van der Waals surface area (Å²) in [7, 11) is 1.95. The van der Waals surface area contributed by atoms with Crippen LogP contribution in [0.3, 0.4) is 0 Å². The van der Waals surface area contributed by atoms with Gasteiger partial charge in [-0.1, -0.05) is 12.8 Å². The molecule has 4 aliphatic rings. The van der Waals surface area contributed by atoms with Crippen LogP contribution < -0.4 is 10.2 Å². The van der Waals surface area contributed by atoms with Crippen LogP contribution in [0, 0.1) is 5.41 Å². The van der Waals surface area contributed by atoms with Crippen molar-refractivity contribution in [3.8, 4) is 0 Å². The third-order valence-corrected chi connectivity index (χ3v) is 6.77. The average molecular weight is 388 g/mol. The molecule has 0 aromatic carbocycles. The molecular weight excluding hydrogens is 362 g/mol. The highest BCUT2D eigenvalue weighted by Crippen LogP contribution is 2.52. The molecule has 2 bridgehead atoms. The Morgan fingerprint density at radius 1 is 1.29 bits per heavy atom. The number of aromatic nitrogens is 4. The van der Waals surface area contributed by atoms with Gasteiger partial charge in [-0.25, -0.2) is 9.97 Å². The van der Waals surface area contributed by atoms with E-state index in [0.717, 1.165) is 57.3 Å². The van der Waals surface area contributed by atoms with Crippen LogP contribution in [0.4, 0.5) is 14.7 Å². The molecule has 8 heteroatoms. The maximum atomic E-state index is 15.2. The summed E-state index contributed by atoms with van der Waals surface area (Å²) >= 11 is 0. The molecule has 0 spiro atoms. The molecule has 2 saturated heterocycles. The van der Waals surface area contributed by atoms with Gasteiger partial charge in [0.15, 0.2) is 0 Å². The summed E-state index contributed by atoms with van der Waals surface area (Å²) in [6.07, 6.45) is 7.96. The number of nitrogens with zero attached hydrogens (tertiary/aromatic N) is 4. The Morgan fingerprint density at radius 3 is 2.82 bits per heavy atom. The highest BCUT2D eigenvalue weighted by Gasteiger charge is 2.55. The molecule has 0 radical (unpaired) electrons. The van der Waals surface area contributed by atoms with Crippen LogP contribution in [0.1, 0.15) is 61.5 Å². The van der Waals surface area contributed by atoms with Crippen molar-refractivity contribution in [2.45, 2.75) is 56.4 Å². The predicted molar refractivity (Wildman–Crippen MR) is 102 cm³/mol. The monoisotopic (exact) mass is 388 g/mol. The molecule has 2 aromatic heterocycles. The zero-order valence-electron chi connectivity index (χ0n) is 16.1. The smallest absolute Gasteiger partial charge is 0.333 e. The summed E-state index contributed by atoms with van der Waals surface area (Å²) in [5, 5.41) is 10.0. The molecule has 150 valence electrons. The van der Waals surface area contributed by atoms with E-state index in [9.17, 15) is 0 Å². The predicted octanol–water partition coefficient (Wildman–Crippen LogP) is 3.19. The van der Waals surface area contributed by atoms with E-state index in [4.69, 9.17) is 0 Å². The highest BCUT2D eigenvalue weighted by molar-refractivity contribution is 5.41. The van der Waals surface area contributed by atoms with Gasteiger partial charge in [0, 0.05) is 42.4 Å². The van der Waals surface area contributed by atoms with Gasteiger partial charge in [0.2, 0.25) is 5.95 Å². The minimum Gasteiger partial charge on any atom is -0.337 e. The van der Waals surface area contributed by atoms with Crippen LogP contribution in [0.5, 0.6) is 0 Å². The first-order chi connectivity index (χ1) is 13.5. The number of hydrogen-bond acceptors (Lipinski definition) is 5. The number of H-pyrrole nitrogens is 1. The minimum absolute atomic E-state index is 0.236. The van der Waals surface area contributed by atoms with E-state index in [0.29, 0.717) is 17.9 Å². The van der Waals surface area contributed by atoms with Gasteiger partial charge in [-0.05, 0) is 44.9 Å². The van der Waals surface area contributed by atoms with E-state index < -0.39 is 5.92 Å². The molecule has 2 aliphatic heterocycles. The second kappa shape index (κ2) is 6.47. The second-order valence-corrected chi connectivity index (χ2v) is 8.73. The molecule has 28 heavy (non-hydrogen) atoms. The number of anilines is 1. The molecule has 6 rings (SSSR count). The average Bonchev–Trinajstić information content (AvgIpc) is 3.43. The first-order valence-electron chi connectivity index (χ1n) is 10.2. The molecule has 0 unspecified atom stereocenters. The van der Waals surface area contributed by atoms with E-state index in [1.165, 1.54) is 18.3 Å². The number of rotatable bonds is 6. The van der Waals surface area contributed by atoms with Gasteiger partial charge in [-0.3, -0.25) is 5.10 Å². The normalized spacial score (nSPS) is 27.4. The molecule has 6 nitrogen and oxygen atoms in total. The standard InChI is InChI=1S/C20H26F2N6/c1-23-11-19-9-14(10-19)28(12-19)18-24-7-6-16(25-18)20(21,22)17-8-15(26-27-17)13-4-2-3-5-13/h6-8,13-14,23H,2-5,9-12H2,1H3,(H,26,27). The number of alkyl halides is 2. The van der Waals surface area contributed by atoms with Gasteiger partial charge in [0.1, 0.15) is 11.4 Å². The Kier molecular flexibility index (Phi) is 4.15. The van der Waals surface area contributed by atoms with Crippen molar-refractivity contribution in [3.63, 3.8) is 0 Å². The number of fused-ring (bicyclic) bond motifs is 1. The number of aromatic amines is 1. The lowest BCUT2D eigenvalue weighted by molar-refractivity contribution is 0.0331. The molecule has 0 amide bonds. The molecular formula is C20H26F2N6. The molecule has 0 atom stereocenters. The maximum absolute atomic E-state index is 15.2. The molecule has 2 aromatic rings. The first kappa shape index (κ1) is 18.0. The van der Waals surface area contributed by atoms with Gasteiger partial charge >= 0.3 is 5.92 Å². The molecule has 2 aliphatic carbocycles. The lowest BCUT2D eigenvalue weighted by Gasteiger charge is -2.36. The number of halogens is 2. The zero-order chi connectivity index (χ0) is 19.4. The largest absolute Gasteiger partial charge is 0.337 e. The molecule has 2 saturated carbocycles. The van der Waals surface area contributed by atoms with Crippen LogP contribution >= 0.6 is 0 Å². The Bertz CT molecular complexity index is 854.